The molecule has 0 unspecified atom stereocenters. The van der Waals surface area contributed by atoms with Crippen molar-refractivity contribution in [3.8, 4) is 0 Å². The van der Waals surface area contributed by atoms with Crippen LogP contribution >= 0.6 is 0 Å². The lowest BCUT2D eigenvalue weighted by Crippen LogP contribution is -2.19. The van der Waals surface area contributed by atoms with Crippen LogP contribution in [0.2, 0.25) is 0 Å². The number of nitrogens with one attached hydrogen (secondary N) is 1. The largest absolute Gasteiger partial charge is 0.443 e. The molecule has 0 bridgehead atoms. The Morgan fingerprint density at radius 3 is 3.21 bits per heavy atom. The Bertz CT molecular complexity index is 281. The molecule has 0 saturated heterocycles. The van der Waals surface area contributed by atoms with E-state index >= 15 is 0 Å². The third kappa shape index (κ3) is 2.82. The van der Waals surface area contributed by atoms with Crippen molar-refractivity contribution in [3.63, 3.8) is 0 Å². The number of nitrogens with zero attached hydrogens (tertiary/aromatic N) is 1. The number of aromatic nitrogens is 1. The van der Waals surface area contributed by atoms with Gasteiger partial charge in [0.25, 0.3) is 0 Å². The molecular weight excluding hydrogens is 180 g/mol. The van der Waals surface area contributed by atoms with Crippen molar-refractivity contribution in [1.29, 1.82) is 0 Å². The van der Waals surface area contributed by atoms with E-state index in [0.717, 1.165) is 30.7 Å². The highest BCUT2D eigenvalue weighted by Gasteiger charge is 2.19. The molecule has 0 atom stereocenters. The number of rotatable bonds is 6. The zero-order valence-electron chi connectivity index (χ0n) is 8.45. The van der Waals surface area contributed by atoms with Crippen molar-refractivity contribution in [1.82, 2.24) is 10.3 Å². The predicted octanol–water partition coefficient (Wildman–Crippen LogP) is 1.12. The van der Waals surface area contributed by atoms with Crippen LogP contribution in [-0.2, 0) is 17.8 Å². The molecule has 2 rings (SSSR count). The Hall–Kier alpha value is -0.870. The van der Waals surface area contributed by atoms with Crippen molar-refractivity contribution in [3.05, 3.63) is 17.8 Å². The molecular formula is C10H16N2O2. The number of oxazole rings is 1. The molecule has 1 heterocycles. The van der Waals surface area contributed by atoms with Gasteiger partial charge in [0.1, 0.15) is 12.4 Å². The molecule has 1 N–H and O–H groups in total. The molecule has 1 fully saturated rings. The Kier molecular flexibility index (Phi) is 3.16. The van der Waals surface area contributed by atoms with Crippen molar-refractivity contribution in [2.45, 2.75) is 31.9 Å². The van der Waals surface area contributed by atoms with E-state index in [1.807, 2.05) is 0 Å². The van der Waals surface area contributed by atoms with Gasteiger partial charge in [-0.1, -0.05) is 0 Å². The van der Waals surface area contributed by atoms with Gasteiger partial charge in [0.05, 0.1) is 6.20 Å². The molecule has 14 heavy (non-hydrogen) atoms. The zero-order chi connectivity index (χ0) is 9.80. The average Bonchev–Trinajstić information content (AvgIpc) is 2.88. The number of ether oxygens (including phenoxy) is 1. The molecule has 0 amide bonds. The monoisotopic (exact) mass is 196 g/mol. The molecule has 0 aromatic carbocycles. The van der Waals surface area contributed by atoms with Gasteiger partial charge in [-0.2, -0.15) is 0 Å². The van der Waals surface area contributed by atoms with Gasteiger partial charge in [0, 0.05) is 26.1 Å². The second kappa shape index (κ2) is 4.57. The second-order valence-electron chi connectivity index (χ2n) is 3.63. The molecule has 1 saturated carbocycles. The van der Waals surface area contributed by atoms with Gasteiger partial charge in [-0.05, 0) is 12.8 Å². The first-order valence-corrected chi connectivity index (χ1v) is 5.04. The molecule has 1 aliphatic carbocycles. The zero-order valence-corrected chi connectivity index (χ0v) is 8.45. The van der Waals surface area contributed by atoms with Crippen LogP contribution in [0.1, 0.15) is 24.5 Å². The Morgan fingerprint density at radius 1 is 1.64 bits per heavy atom. The maximum absolute atomic E-state index is 5.45. The van der Waals surface area contributed by atoms with Crippen molar-refractivity contribution < 1.29 is 9.15 Å². The summed E-state index contributed by atoms with van der Waals surface area (Å²) < 4.78 is 10.4. The number of methoxy groups -OCH3 is 1. The minimum Gasteiger partial charge on any atom is -0.443 e. The first kappa shape index (κ1) is 9.68. The molecule has 0 aliphatic heterocycles. The lowest BCUT2D eigenvalue weighted by molar-refractivity contribution is 0.162. The summed E-state index contributed by atoms with van der Waals surface area (Å²) in [4.78, 5) is 4.17. The van der Waals surface area contributed by atoms with Gasteiger partial charge in [-0.25, -0.2) is 4.98 Å². The van der Waals surface area contributed by atoms with Crippen LogP contribution in [0, 0.1) is 0 Å². The van der Waals surface area contributed by atoms with Crippen molar-refractivity contribution in [2.75, 3.05) is 13.7 Å². The normalized spacial score (nSPS) is 16.1. The highest BCUT2D eigenvalue weighted by molar-refractivity contribution is 4.93. The summed E-state index contributed by atoms with van der Waals surface area (Å²) in [6.07, 6.45) is 5.23. The molecule has 0 spiro atoms. The summed E-state index contributed by atoms with van der Waals surface area (Å²) in [5.74, 6) is 1.60. The molecule has 4 nitrogen and oxygen atoms in total. The second-order valence-corrected chi connectivity index (χ2v) is 3.63. The molecule has 1 aliphatic rings. The molecule has 4 heteroatoms. The topological polar surface area (TPSA) is 47.3 Å². The van der Waals surface area contributed by atoms with Crippen LogP contribution in [0.4, 0.5) is 0 Å². The van der Waals surface area contributed by atoms with Crippen LogP contribution in [0.15, 0.2) is 10.6 Å². The number of hydrogen-bond donors (Lipinski definition) is 1. The molecule has 1 aromatic rings. The van der Waals surface area contributed by atoms with E-state index in [-0.39, 0.29) is 0 Å². The van der Waals surface area contributed by atoms with E-state index in [1.54, 1.807) is 13.3 Å². The van der Waals surface area contributed by atoms with Crippen molar-refractivity contribution >= 4 is 0 Å². The first-order valence-electron chi connectivity index (χ1n) is 5.04. The summed E-state index contributed by atoms with van der Waals surface area (Å²) in [6.45, 7) is 1.46. The number of hydrogen-bond acceptors (Lipinski definition) is 4. The van der Waals surface area contributed by atoms with Crippen LogP contribution in [0.5, 0.6) is 0 Å². The van der Waals surface area contributed by atoms with Gasteiger partial charge < -0.3 is 14.5 Å². The third-order valence-electron chi connectivity index (χ3n) is 2.24. The minimum absolute atomic E-state index is 0.503. The summed E-state index contributed by atoms with van der Waals surface area (Å²) >= 11 is 0. The summed E-state index contributed by atoms with van der Waals surface area (Å²) in [5.41, 5.74) is 0. The van der Waals surface area contributed by atoms with E-state index in [4.69, 9.17) is 9.15 Å². The summed E-state index contributed by atoms with van der Waals surface area (Å²) in [5, 5.41) is 3.42. The average molecular weight is 196 g/mol. The Labute approximate surface area is 83.7 Å². The van der Waals surface area contributed by atoms with Crippen LogP contribution < -0.4 is 5.32 Å². The van der Waals surface area contributed by atoms with Crippen molar-refractivity contribution in [2.24, 2.45) is 0 Å². The minimum atomic E-state index is 0.503. The van der Waals surface area contributed by atoms with Crippen LogP contribution in [-0.4, -0.2) is 24.7 Å². The lowest BCUT2D eigenvalue weighted by Gasteiger charge is -1.98. The molecule has 0 radical (unpaired) electrons. The molecule has 78 valence electrons. The summed E-state index contributed by atoms with van der Waals surface area (Å²) in [7, 11) is 1.65. The standard InChI is InChI=1S/C10H16N2O2/c1-13-7-9-6-12-10(14-9)4-5-11-8-2-3-8/h6,8,11H,2-5,7H2,1H3. The van der Waals surface area contributed by atoms with E-state index in [2.05, 4.69) is 10.3 Å². The van der Waals surface area contributed by atoms with Crippen LogP contribution in [0.3, 0.4) is 0 Å². The van der Waals surface area contributed by atoms with E-state index in [0.29, 0.717) is 6.61 Å². The van der Waals surface area contributed by atoms with Gasteiger partial charge in [0.15, 0.2) is 5.89 Å². The highest BCUT2D eigenvalue weighted by Crippen LogP contribution is 2.18. The Morgan fingerprint density at radius 2 is 2.50 bits per heavy atom. The summed E-state index contributed by atoms with van der Waals surface area (Å²) in [6, 6.07) is 0.753. The maximum Gasteiger partial charge on any atom is 0.195 e. The molecule has 1 aromatic heterocycles. The Balaban J connectivity index is 1.71. The maximum atomic E-state index is 5.45. The fourth-order valence-corrected chi connectivity index (χ4v) is 1.34. The predicted molar refractivity (Wildman–Crippen MR) is 51.9 cm³/mol. The van der Waals surface area contributed by atoms with Crippen LogP contribution in [0.25, 0.3) is 0 Å². The third-order valence-corrected chi connectivity index (χ3v) is 2.24. The SMILES string of the molecule is COCc1cnc(CCNC2CC2)o1. The highest BCUT2D eigenvalue weighted by atomic mass is 16.5. The van der Waals surface area contributed by atoms with Gasteiger partial charge >= 0.3 is 0 Å². The van der Waals surface area contributed by atoms with Gasteiger partial charge in [-0.15, -0.1) is 0 Å². The first-order chi connectivity index (χ1) is 6.88. The van der Waals surface area contributed by atoms with E-state index in [9.17, 15) is 0 Å². The fourth-order valence-electron chi connectivity index (χ4n) is 1.34. The quantitative estimate of drug-likeness (QED) is 0.740. The van der Waals surface area contributed by atoms with E-state index < -0.39 is 0 Å². The van der Waals surface area contributed by atoms with E-state index in [1.165, 1.54) is 12.8 Å². The van der Waals surface area contributed by atoms with Gasteiger partial charge in [-0.3, -0.25) is 0 Å². The van der Waals surface area contributed by atoms with Gasteiger partial charge in [0.2, 0.25) is 0 Å². The smallest absolute Gasteiger partial charge is 0.195 e. The fraction of sp³-hybridized carbons (Fsp3) is 0.700. The lowest BCUT2D eigenvalue weighted by atomic mass is 10.4.